The van der Waals surface area contributed by atoms with Gasteiger partial charge in [0.15, 0.2) is 0 Å². The van der Waals surface area contributed by atoms with E-state index in [1.807, 2.05) is 30.0 Å². The highest BCUT2D eigenvalue weighted by molar-refractivity contribution is 7.99. The van der Waals surface area contributed by atoms with Gasteiger partial charge in [-0.25, -0.2) is 4.79 Å². The molecule has 1 heterocycles. The van der Waals surface area contributed by atoms with Crippen LogP contribution in [-0.2, 0) is 11.3 Å². The van der Waals surface area contributed by atoms with Gasteiger partial charge in [0.25, 0.3) is 0 Å². The predicted octanol–water partition coefficient (Wildman–Crippen LogP) is 2.73. The Kier molecular flexibility index (Phi) is 6.14. The number of nitrogens with zero attached hydrogens (tertiary/aromatic N) is 1. The fourth-order valence-corrected chi connectivity index (χ4v) is 3.29. The number of carboxylic acid groups (broad SMARTS) is 1. The van der Waals surface area contributed by atoms with E-state index in [2.05, 4.69) is 4.90 Å². The van der Waals surface area contributed by atoms with Crippen molar-refractivity contribution in [3.63, 3.8) is 0 Å². The number of hydrogen-bond acceptors (Lipinski definition) is 4. The van der Waals surface area contributed by atoms with Gasteiger partial charge >= 0.3 is 5.97 Å². The van der Waals surface area contributed by atoms with Crippen LogP contribution in [0.25, 0.3) is 6.08 Å². The summed E-state index contributed by atoms with van der Waals surface area (Å²) in [5, 5.41) is 8.80. The molecule has 1 N–H and O–H groups in total. The van der Waals surface area contributed by atoms with Crippen LogP contribution >= 0.6 is 11.8 Å². The van der Waals surface area contributed by atoms with Gasteiger partial charge in [0.05, 0.1) is 7.11 Å². The lowest BCUT2D eigenvalue weighted by molar-refractivity contribution is -0.131. The molecule has 0 amide bonds. The summed E-state index contributed by atoms with van der Waals surface area (Å²) >= 11 is 2.00. The molecule has 0 aromatic heterocycles. The number of benzene rings is 1. The summed E-state index contributed by atoms with van der Waals surface area (Å²) in [6.45, 7) is 2.99. The molecule has 0 aliphatic carbocycles. The van der Waals surface area contributed by atoms with Gasteiger partial charge in [0.2, 0.25) is 0 Å². The second-order valence-corrected chi connectivity index (χ2v) is 6.20. The molecule has 0 spiro atoms. The van der Waals surface area contributed by atoms with Crippen LogP contribution in [-0.4, -0.2) is 47.7 Å². The summed E-state index contributed by atoms with van der Waals surface area (Å²) < 4.78 is 5.29. The van der Waals surface area contributed by atoms with E-state index in [-0.39, 0.29) is 0 Å². The molecule has 0 bridgehead atoms. The molecule has 1 aliphatic heterocycles. The lowest BCUT2D eigenvalue weighted by atomic mass is 10.1. The van der Waals surface area contributed by atoms with Crippen molar-refractivity contribution in [2.75, 3.05) is 31.7 Å². The fraction of sp³-hybridized carbons (Fsp3) is 0.438. The Balaban J connectivity index is 2.19. The topological polar surface area (TPSA) is 49.8 Å². The highest BCUT2D eigenvalue weighted by Gasteiger charge is 2.12. The number of ether oxygens (including phenoxy) is 1. The van der Waals surface area contributed by atoms with Gasteiger partial charge in [-0.3, -0.25) is 4.90 Å². The fourth-order valence-electron chi connectivity index (χ4n) is 2.37. The van der Waals surface area contributed by atoms with E-state index in [0.29, 0.717) is 0 Å². The number of rotatable bonds is 5. The highest BCUT2D eigenvalue weighted by Crippen LogP contribution is 2.22. The molecule has 5 heteroatoms. The van der Waals surface area contributed by atoms with Crippen molar-refractivity contribution < 1.29 is 14.6 Å². The van der Waals surface area contributed by atoms with E-state index in [1.165, 1.54) is 18.2 Å². The quantitative estimate of drug-likeness (QED) is 0.848. The van der Waals surface area contributed by atoms with E-state index < -0.39 is 5.97 Å². The van der Waals surface area contributed by atoms with Crippen molar-refractivity contribution >= 4 is 23.8 Å². The van der Waals surface area contributed by atoms with Gasteiger partial charge in [-0.05, 0) is 48.1 Å². The van der Waals surface area contributed by atoms with Crippen molar-refractivity contribution in [2.24, 2.45) is 0 Å². The van der Waals surface area contributed by atoms with Crippen LogP contribution < -0.4 is 4.74 Å². The minimum atomic E-state index is -0.928. The maximum Gasteiger partial charge on any atom is 0.328 e. The molecule has 1 aliphatic rings. The minimum absolute atomic E-state index is 0.807. The van der Waals surface area contributed by atoms with Crippen LogP contribution in [0.4, 0.5) is 0 Å². The lowest BCUT2D eigenvalue weighted by Crippen LogP contribution is -2.25. The van der Waals surface area contributed by atoms with Gasteiger partial charge in [-0.1, -0.05) is 6.07 Å². The monoisotopic (exact) mass is 307 g/mol. The Morgan fingerprint density at radius 2 is 2.29 bits per heavy atom. The van der Waals surface area contributed by atoms with Gasteiger partial charge in [-0.2, -0.15) is 11.8 Å². The predicted molar refractivity (Wildman–Crippen MR) is 86.9 cm³/mol. The van der Waals surface area contributed by atoms with Gasteiger partial charge < -0.3 is 9.84 Å². The smallest absolute Gasteiger partial charge is 0.328 e. The molecule has 0 atom stereocenters. The zero-order chi connectivity index (χ0) is 15.1. The first kappa shape index (κ1) is 15.9. The molecule has 4 nitrogen and oxygen atoms in total. The van der Waals surface area contributed by atoms with Gasteiger partial charge in [0, 0.05) is 24.9 Å². The Hall–Kier alpha value is -1.46. The summed E-state index contributed by atoms with van der Waals surface area (Å²) in [4.78, 5) is 13.1. The first-order valence-corrected chi connectivity index (χ1v) is 8.22. The standard InChI is InChI=1S/C16H21NO3S/c1-20-15-5-3-13(4-6-16(18)19)14(11-15)12-17-7-2-9-21-10-8-17/h3-6,11H,2,7-10,12H2,1H3,(H,18,19). The van der Waals surface area contributed by atoms with E-state index in [1.54, 1.807) is 13.2 Å². The number of carboxylic acids is 1. The maximum atomic E-state index is 10.7. The first-order valence-electron chi connectivity index (χ1n) is 7.07. The minimum Gasteiger partial charge on any atom is -0.497 e. The zero-order valence-electron chi connectivity index (χ0n) is 12.2. The summed E-state index contributed by atoms with van der Waals surface area (Å²) in [5.74, 6) is 2.26. The number of aliphatic carboxylic acids is 1. The lowest BCUT2D eigenvalue weighted by Gasteiger charge is -2.21. The average Bonchev–Trinajstić information content (AvgIpc) is 2.74. The van der Waals surface area contributed by atoms with Crippen molar-refractivity contribution in [3.05, 3.63) is 35.4 Å². The molecular weight excluding hydrogens is 286 g/mol. The number of carbonyl (C=O) groups is 1. The van der Waals surface area contributed by atoms with Crippen LogP contribution in [0.3, 0.4) is 0 Å². The molecule has 1 saturated heterocycles. The molecule has 0 unspecified atom stereocenters. The van der Waals surface area contributed by atoms with E-state index in [0.717, 1.165) is 42.3 Å². The Morgan fingerprint density at radius 1 is 1.43 bits per heavy atom. The largest absolute Gasteiger partial charge is 0.497 e. The normalized spacial score (nSPS) is 16.8. The Morgan fingerprint density at radius 3 is 3.05 bits per heavy atom. The summed E-state index contributed by atoms with van der Waals surface area (Å²) in [5.41, 5.74) is 2.05. The Labute approximate surface area is 129 Å². The molecule has 2 rings (SSSR count). The second kappa shape index (κ2) is 8.10. The molecule has 1 aromatic carbocycles. The molecule has 1 fully saturated rings. The summed E-state index contributed by atoms with van der Waals surface area (Å²) in [6.07, 6.45) is 4.04. The van der Waals surface area contributed by atoms with Crippen LogP contribution in [0.15, 0.2) is 24.3 Å². The van der Waals surface area contributed by atoms with Crippen LogP contribution in [0.5, 0.6) is 5.75 Å². The Bertz CT molecular complexity index is 508. The third-order valence-corrected chi connectivity index (χ3v) is 4.51. The van der Waals surface area contributed by atoms with E-state index in [9.17, 15) is 4.79 Å². The third-order valence-electron chi connectivity index (χ3n) is 3.46. The molecule has 21 heavy (non-hydrogen) atoms. The molecule has 0 radical (unpaired) electrons. The average molecular weight is 307 g/mol. The summed E-state index contributed by atoms with van der Waals surface area (Å²) in [7, 11) is 1.65. The molecule has 0 saturated carbocycles. The SMILES string of the molecule is COc1ccc(C=CC(=O)O)c(CN2CCCSCC2)c1. The van der Waals surface area contributed by atoms with Crippen molar-refractivity contribution in [1.29, 1.82) is 0 Å². The van der Waals surface area contributed by atoms with Crippen molar-refractivity contribution in [2.45, 2.75) is 13.0 Å². The van der Waals surface area contributed by atoms with E-state index >= 15 is 0 Å². The van der Waals surface area contributed by atoms with Gasteiger partial charge in [0.1, 0.15) is 5.75 Å². The van der Waals surface area contributed by atoms with Crippen LogP contribution in [0.2, 0.25) is 0 Å². The molecule has 1 aromatic rings. The third kappa shape index (κ3) is 5.10. The number of hydrogen-bond donors (Lipinski definition) is 1. The van der Waals surface area contributed by atoms with Crippen molar-refractivity contribution in [3.8, 4) is 5.75 Å². The van der Waals surface area contributed by atoms with Gasteiger partial charge in [-0.15, -0.1) is 0 Å². The molecular formula is C16H21NO3S. The molecule has 114 valence electrons. The highest BCUT2D eigenvalue weighted by atomic mass is 32.2. The first-order chi connectivity index (χ1) is 10.2. The number of thioether (sulfide) groups is 1. The van der Waals surface area contributed by atoms with Crippen molar-refractivity contribution in [1.82, 2.24) is 4.90 Å². The van der Waals surface area contributed by atoms with E-state index in [4.69, 9.17) is 9.84 Å². The zero-order valence-corrected chi connectivity index (χ0v) is 13.1. The summed E-state index contributed by atoms with van der Waals surface area (Å²) in [6, 6.07) is 5.78. The van der Waals surface area contributed by atoms with Crippen LogP contribution in [0, 0.1) is 0 Å². The second-order valence-electron chi connectivity index (χ2n) is 4.98. The van der Waals surface area contributed by atoms with Crippen LogP contribution in [0.1, 0.15) is 17.5 Å². The number of methoxy groups -OCH3 is 1. The maximum absolute atomic E-state index is 10.7.